The number of carboxylic acid groups (broad SMARTS) is 1. The molecule has 2 fully saturated rings. The van der Waals surface area contributed by atoms with Gasteiger partial charge in [-0.2, -0.15) is 0 Å². The van der Waals surface area contributed by atoms with E-state index in [0.29, 0.717) is 12.8 Å². The highest BCUT2D eigenvalue weighted by Gasteiger charge is 2.53. The van der Waals surface area contributed by atoms with Gasteiger partial charge < -0.3 is 10.2 Å². The Morgan fingerprint density at radius 1 is 1.00 bits per heavy atom. The molecule has 2 atom stereocenters. The molecular formula is C13H22O5S. The first-order valence-electron chi connectivity index (χ1n) is 6.99. The van der Waals surface area contributed by atoms with Gasteiger partial charge in [0, 0.05) is 5.92 Å². The van der Waals surface area contributed by atoms with Crippen LogP contribution in [-0.2, 0) is 14.6 Å². The zero-order valence-electron chi connectivity index (χ0n) is 11.0. The fourth-order valence-electron chi connectivity index (χ4n) is 3.64. The van der Waals surface area contributed by atoms with Crippen molar-refractivity contribution in [2.45, 2.75) is 51.0 Å². The molecule has 0 aromatic rings. The lowest BCUT2D eigenvalue weighted by atomic mass is 9.66. The van der Waals surface area contributed by atoms with Crippen LogP contribution in [0.2, 0.25) is 0 Å². The zero-order chi connectivity index (χ0) is 14.1. The van der Waals surface area contributed by atoms with Crippen LogP contribution < -0.4 is 0 Å². The van der Waals surface area contributed by atoms with Crippen LogP contribution in [0.15, 0.2) is 0 Å². The summed E-state index contributed by atoms with van der Waals surface area (Å²) in [6.45, 7) is 0. The number of sulfone groups is 1. The predicted octanol–water partition coefficient (Wildman–Crippen LogP) is 1.21. The van der Waals surface area contributed by atoms with Crippen LogP contribution in [0, 0.1) is 11.3 Å². The van der Waals surface area contributed by atoms with Gasteiger partial charge in [0.05, 0.1) is 23.0 Å². The van der Waals surface area contributed by atoms with Gasteiger partial charge in [-0.3, -0.25) is 4.79 Å². The predicted molar refractivity (Wildman–Crippen MR) is 70.5 cm³/mol. The minimum atomic E-state index is -3.30. The SMILES string of the molecule is O=C(O)C1(C2CS(=O)(=O)CC2O)CCCCCCC1. The molecule has 0 aromatic heterocycles. The standard InChI is InChI=1S/C13H22O5S/c14-11-9-19(17,18)8-10(11)13(12(15)16)6-4-2-1-3-5-7-13/h10-11,14H,1-9H2,(H,15,16). The molecule has 2 rings (SSSR count). The fraction of sp³-hybridized carbons (Fsp3) is 0.923. The van der Waals surface area contributed by atoms with Gasteiger partial charge in [-0.05, 0) is 12.8 Å². The molecule has 1 heterocycles. The molecule has 19 heavy (non-hydrogen) atoms. The summed E-state index contributed by atoms with van der Waals surface area (Å²) in [5.41, 5.74) is -1.05. The summed E-state index contributed by atoms with van der Waals surface area (Å²) in [6.07, 6.45) is 4.64. The molecule has 1 aliphatic heterocycles. The molecule has 2 N–H and O–H groups in total. The molecule has 0 radical (unpaired) electrons. The lowest BCUT2D eigenvalue weighted by Crippen LogP contribution is -2.44. The summed E-state index contributed by atoms with van der Waals surface area (Å²) in [4.78, 5) is 11.8. The maximum absolute atomic E-state index is 11.8. The number of carbonyl (C=O) groups is 1. The molecule has 0 aromatic carbocycles. The third-order valence-corrected chi connectivity index (χ3v) is 6.42. The van der Waals surface area contributed by atoms with Crippen molar-refractivity contribution < 1.29 is 23.4 Å². The number of aliphatic hydroxyl groups excluding tert-OH is 1. The Labute approximate surface area is 113 Å². The molecular weight excluding hydrogens is 268 g/mol. The third kappa shape index (κ3) is 2.94. The Bertz CT molecular complexity index is 434. The number of hydrogen-bond donors (Lipinski definition) is 2. The molecule has 2 unspecified atom stereocenters. The first-order valence-corrected chi connectivity index (χ1v) is 8.81. The largest absolute Gasteiger partial charge is 0.481 e. The van der Waals surface area contributed by atoms with Crippen molar-refractivity contribution in [3.63, 3.8) is 0 Å². The first-order chi connectivity index (χ1) is 8.87. The van der Waals surface area contributed by atoms with Gasteiger partial charge in [-0.1, -0.05) is 32.1 Å². The molecule has 0 spiro atoms. The van der Waals surface area contributed by atoms with Crippen molar-refractivity contribution in [2.24, 2.45) is 11.3 Å². The van der Waals surface area contributed by atoms with Crippen molar-refractivity contribution in [3.8, 4) is 0 Å². The molecule has 2 aliphatic rings. The van der Waals surface area contributed by atoms with Crippen LogP contribution in [0.4, 0.5) is 0 Å². The van der Waals surface area contributed by atoms with Gasteiger partial charge in [-0.25, -0.2) is 8.42 Å². The van der Waals surface area contributed by atoms with Crippen LogP contribution >= 0.6 is 0 Å². The average molecular weight is 290 g/mol. The molecule has 0 amide bonds. The molecule has 0 bridgehead atoms. The zero-order valence-corrected chi connectivity index (χ0v) is 11.9. The van der Waals surface area contributed by atoms with Crippen molar-refractivity contribution >= 4 is 15.8 Å². The molecule has 1 saturated carbocycles. The minimum absolute atomic E-state index is 0.180. The maximum Gasteiger partial charge on any atom is 0.310 e. The topological polar surface area (TPSA) is 91.7 Å². The third-order valence-electron chi connectivity index (χ3n) is 4.70. The monoisotopic (exact) mass is 290 g/mol. The lowest BCUT2D eigenvalue weighted by Gasteiger charge is -2.37. The summed E-state index contributed by atoms with van der Waals surface area (Å²) in [5.74, 6) is -2.05. The Hall–Kier alpha value is -0.620. The van der Waals surface area contributed by atoms with E-state index in [1.54, 1.807) is 0 Å². The van der Waals surface area contributed by atoms with Crippen LogP contribution in [0.25, 0.3) is 0 Å². The number of rotatable bonds is 2. The molecule has 1 aliphatic carbocycles. The Balaban J connectivity index is 2.30. The molecule has 6 heteroatoms. The molecule has 110 valence electrons. The highest BCUT2D eigenvalue weighted by Crippen LogP contribution is 2.45. The number of aliphatic hydroxyl groups is 1. The average Bonchev–Trinajstić information content (AvgIpc) is 2.52. The van der Waals surface area contributed by atoms with Crippen LogP contribution in [-0.4, -0.2) is 42.2 Å². The quantitative estimate of drug-likeness (QED) is 0.797. The number of carboxylic acids is 1. The van der Waals surface area contributed by atoms with Crippen molar-refractivity contribution in [1.82, 2.24) is 0 Å². The van der Waals surface area contributed by atoms with Gasteiger partial charge in [0.25, 0.3) is 0 Å². The van der Waals surface area contributed by atoms with E-state index in [0.717, 1.165) is 32.1 Å². The van der Waals surface area contributed by atoms with E-state index >= 15 is 0 Å². The second-order valence-corrected chi connectivity index (χ2v) is 8.13. The lowest BCUT2D eigenvalue weighted by molar-refractivity contribution is -0.156. The summed E-state index contributed by atoms with van der Waals surface area (Å²) >= 11 is 0. The normalized spacial score (nSPS) is 34.4. The Morgan fingerprint density at radius 2 is 1.53 bits per heavy atom. The number of hydrogen-bond acceptors (Lipinski definition) is 4. The van der Waals surface area contributed by atoms with E-state index in [9.17, 15) is 23.4 Å². The van der Waals surface area contributed by atoms with E-state index in [2.05, 4.69) is 0 Å². The summed E-state index contributed by atoms with van der Waals surface area (Å²) in [7, 11) is -3.30. The van der Waals surface area contributed by atoms with Crippen LogP contribution in [0.3, 0.4) is 0 Å². The summed E-state index contributed by atoms with van der Waals surface area (Å²) in [6, 6.07) is 0. The Kier molecular flexibility index (Phi) is 4.20. The Morgan fingerprint density at radius 3 is 1.95 bits per heavy atom. The van der Waals surface area contributed by atoms with Crippen molar-refractivity contribution in [2.75, 3.05) is 11.5 Å². The summed E-state index contributed by atoms with van der Waals surface area (Å²) < 4.78 is 23.3. The van der Waals surface area contributed by atoms with Crippen molar-refractivity contribution in [3.05, 3.63) is 0 Å². The smallest absolute Gasteiger partial charge is 0.310 e. The van der Waals surface area contributed by atoms with Gasteiger partial charge in [0.1, 0.15) is 0 Å². The molecule has 5 nitrogen and oxygen atoms in total. The number of aliphatic carboxylic acids is 1. The first kappa shape index (κ1) is 14.8. The van der Waals surface area contributed by atoms with Crippen LogP contribution in [0.1, 0.15) is 44.9 Å². The highest BCUT2D eigenvalue weighted by molar-refractivity contribution is 7.91. The van der Waals surface area contributed by atoms with Gasteiger partial charge in [0.15, 0.2) is 9.84 Å². The van der Waals surface area contributed by atoms with E-state index in [4.69, 9.17) is 0 Å². The van der Waals surface area contributed by atoms with Gasteiger partial charge in [-0.15, -0.1) is 0 Å². The van der Waals surface area contributed by atoms with E-state index < -0.39 is 33.2 Å². The van der Waals surface area contributed by atoms with Crippen LogP contribution in [0.5, 0.6) is 0 Å². The molecule has 1 saturated heterocycles. The fourth-order valence-corrected chi connectivity index (χ4v) is 5.61. The highest BCUT2D eigenvalue weighted by atomic mass is 32.2. The van der Waals surface area contributed by atoms with Gasteiger partial charge in [0.2, 0.25) is 0 Å². The second-order valence-electron chi connectivity index (χ2n) is 5.98. The second kappa shape index (κ2) is 5.40. The van der Waals surface area contributed by atoms with Crippen molar-refractivity contribution in [1.29, 1.82) is 0 Å². The minimum Gasteiger partial charge on any atom is -0.481 e. The van der Waals surface area contributed by atoms with Gasteiger partial charge >= 0.3 is 5.97 Å². The summed E-state index contributed by atoms with van der Waals surface area (Å²) in [5, 5.41) is 19.7. The van der Waals surface area contributed by atoms with E-state index in [-0.39, 0.29) is 11.5 Å². The maximum atomic E-state index is 11.8. The van der Waals surface area contributed by atoms with E-state index in [1.165, 1.54) is 0 Å². The van der Waals surface area contributed by atoms with E-state index in [1.807, 2.05) is 0 Å².